The molecule has 0 bridgehead atoms. The first-order valence-electron chi connectivity index (χ1n) is 8.64. The molecule has 3 rings (SSSR count). The van der Waals surface area contributed by atoms with Gasteiger partial charge in [-0.05, 0) is 51.0 Å². The van der Waals surface area contributed by atoms with Gasteiger partial charge >= 0.3 is 6.03 Å². The standard InChI is InChI=1S/C18H22ClN3O4/c1-12(2)22-16(24)18(20-17(22)25)7-9-21(10-8-18)15(23)11-26-14-5-3-13(19)4-6-14/h3-6,12H,7-11H2,1-2H3,(H,20,25). The van der Waals surface area contributed by atoms with Crippen LogP contribution in [0.4, 0.5) is 4.79 Å². The Hall–Kier alpha value is -2.28. The van der Waals surface area contributed by atoms with Gasteiger partial charge in [0.1, 0.15) is 11.3 Å². The maximum atomic E-state index is 12.7. The third-order valence-corrected chi connectivity index (χ3v) is 5.11. The van der Waals surface area contributed by atoms with Gasteiger partial charge in [-0.3, -0.25) is 14.5 Å². The Bertz CT molecular complexity index is 712. The predicted molar refractivity (Wildman–Crippen MR) is 96.0 cm³/mol. The summed E-state index contributed by atoms with van der Waals surface area (Å²) in [6.07, 6.45) is 0.820. The first-order chi connectivity index (χ1) is 12.3. The van der Waals surface area contributed by atoms with Crippen LogP contribution in [0, 0.1) is 0 Å². The summed E-state index contributed by atoms with van der Waals surface area (Å²) in [5.74, 6) is 0.233. The predicted octanol–water partition coefficient (Wildman–Crippen LogP) is 2.04. The molecule has 2 aliphatic rings. The Morgan fingerprint density at radius 3 is 2.38 bits per heavy atom. The Morgan fingerprint density at radius 1 is 1.23 bits per heavy atom. The molecule has 8 heteroatoms. The lowest BCUT2D eigenvalue weighted by Crippen LogP contribution is -2.56. The highest BCUT2D eigenvalue weighted by Gasteiger charge is 2.53. The highest BCUT2D eigenvalue weighted by atomic mass is 35.5. The van der Waals surface area contributed by atoms with Crippen LogP contribution in [-0.4, -0.2) is 58.9 Å². The molecule has 2 aliphatic heterocycles. The van der Waals surface area contributed by atoms with Crippen LogP contribution < -0.4 is 10.1 Å². The summed E-state index contributed by atoms with van der Waals surface area (Å²) in [7, 11) is 0. The van der Waals surface area contributed by atoms with Crippen LogP contribution >= 0.6 is 11.6 Å². The van der Waals surface area contributed by atoms with Crippen LogP contribution in [0.25, 0.3) is 0 Å². The minimum absolute atomic E-state index is 0.0763. The van der Waals surface area contributed by atoms with E-state index in [4.69, 9.17) is 16.3 Å². The summed E-state index contributed by atoms with van der Waals surface area (Å²) >= 11 is 5.82. The van der Waals surface area contributed by atoms with Gasteiger partial charge in [-0.1, -0.05) is 11.6 Å². The molecule has 1 aromatic carbocycles. The molecule has 4 amide bonds. The van der Waals surface area contributed by atoms with Crippen molar-refractivity contribution in [3.8, 4) is 5.75 Å². The lowest BCUT2D eigenvalue weighted by molar-refractivity contribution is -0.140. The monoisotopic (exact) mass is 379 g/mol. The van der Waals surface area contributed by atoms with Gasteiger partial charge in [-0.15, -0.1) is 0 Å². The summed E-state index contributed by atoms with van der Waals surface area (Å²) < 4.78 is 5.48. The molecule has 1 N–H and O–H groups in total. The normalized spacial score (nSPS) is 19.2. The number of amides is 4. The number of piperidine rings is 1. The summed E-state index contributed by atoms with van der Waals surface area (Å²) in [6.45, 7) is 4.35. The van der Waals surface area contributed by atoms with Crippen LogP contribution in [0.5, 0.6) is 5.75 Å². The van der Waals surface area contributed by atoms with E-state index in [0.29, 0.717) is 36.7 Å². The zero-order valence-electron chi connectivity index (χ0n) is 14.8. The number of halogens is 1. The van der Waals surface area contributed by atoms with Gasteiger partial charge in [0.2, 0.25) is 0 Å². The minimum atomic E-state index is -0.880. The van der Waals surface area contributed by atoms with Crippen LogP contribution in [0.3, 0.4) is 0 Å². The van der Waals surface area contributed by atoms with Gasteiger partial charge in [0, 0.05) is 24.2 Å². The zero-order chi connectivity index (χ0) is 18.9. The molecule has 2 fully saturated rings. The van der Waals surface area contributed by atoms with Crippen molar-refractivity contribution in [1.82, 2.24) is 15.1 Å². The molecule has 0 aliphatic carbocycles. The molecular weight excluding hydrogens is 358 g/mol. The van der Waals surface area contributed by atoms with Crippen molar-refractivity contribution in [1.29, 1.82) is 0 Å². The summed E-state index contributed by atoms with van der Waals surface area (Å²) in [4.78, 5) is 40.0. The minimum Gasteiger partial charge on any atom is -0.484 e. The zero-order valence-corrected chi connectivity index (χ0v) is 15.6. The molecule has 0 atom stereocenters. The number of nitrogens with one attached hydrogen (secondary N) is 1. The quantitative estimate of drug-likeness (QED) is 0.812. The van der Waals surface area contributed by atoms with Crippen LogP contribution in [0.15, 0.2) is 24.3 Å². The molecule has 1 aromatic rings. The second kappa shape index (κ2) is 7.15. The van der Waals surface area contributed by atoms with Crippen molar-refractivity contribution in [3.05, 3.63) is 29.3 Å². The Labute approximate surface area is 157 Å². The van der Waals surface area contributed by atoms with Crippen molar-refractivity contribution in [2.24, 2.45) is 0 Å². The summed E-state index contributed by atoms with van der Waals surface area (Å²) in [5, 5.41) is 3.43. The van der Waals surface area contributed by atoms with E-state index < -0.39 is 5.54 Å². The van der Waals surface area contributed by atoms with E-state index in [-0.39, 0.29) is 30.5 Å². The molecule has 0 radical (unpaired) electrons. The summed E-state index contributed by atoms with van der Waals surface area (Å²) in [5.41, 5.74) is -0.880. The number of urea groups is 1. The fraction of sp³-hybridized carbons (Fsp3) is 0.500. The van der Waals surface area contributed by atoms with Gasteiger partial charge in [-0.25, -0.2) is 4.79 Å². The molecule has 2 heterocycles. The van der Waals surface area contributed by atoms with Crippen LogP contribution in [0.2, 0.25) is 5.02 Å². The topological polar surface area (TPSA) is 79.0 Å². The Morgan fingerprint density at radius 2 is 1.85 bits per heavy atom. The molecular formula is C18H22ClN3O4. The second-order valence-electron chi connectivity index (χ2n) is 6.90. The highest BCUT2D eigenvalue weighted by Crippen LogP contribution is 2.30. The number of carbonyl (C=O) groups is 3. The lowest BCUT2D eigenvalue weighted by atomic mass is 9.87. The molecule has 0 aromatic heterocycles. The summed E-state index contributed by atoms with van der Waals surface area (Å²) in [6, 6.07) is 6.26. The number of benzene rings is 1. The fourth-order valence-electron chi connectivity index (χ4n) is 3.35. The van der Waals surface area contributed by atoms with Crippen molar-refractivity contribution in [3.63, 3.8) is 0 Å². The molecule has 7 nitrogen and oxygen atoms in total. The van der Waals surface area contributed by atoms with Crippen LogP contribution in [-0.2, 0) is 9.59 Å². The molecule has 0 saturated carbocycles. The maximum absolute atomic E-state index is 12.7. The number of imide groups is 1. The third-order valence-electron chi connectivity index (χ3n) is 4.86. The lowest BCUT2D eigenvalue weighted by Gasteiger charge is -2.37. The smallest absolute Gasteiger partial charge is 0.325 e. The van der Waals surface area contributed by atoms with Crippen LogP contribution in [0.1, 0.15) is 26.7 Å². The Kier molecular flexibility index (Phi) is 5.09. The fourth-order valence-corrected chi connectivity index (χ4v) is 3.48. The molecule has 26 heavy (non-hydrogen) atoms. The SMILES string of the molecule is CC(C)N1C(=O)NC2(CCN(C(=O)COc3ccc(Cl)cc3)CC2)C1=O. The largest absolute Gasteiger partial charge is 0.484 e. The van der Waals surface area contributed by atoms with E-state index in [1.807, 2.05) is 13.8 Å². The van der Waals surface area contributed by atoms with Gasteiger partial charge < -0.3 is 15.0 Å². The second-order valence-corrected chi connectivity index (χ2v) is 7.34. The van der Waals surface area contributed by atoms with E-state index in [2.05, 4.69) is 5.32 Å². The first-order valence-corrected chi connectivity index (χ1v) is 9.02. The van der Waals surface area contributed by atoms with E-state index in [9.17, 15) is 14.4 Å². The highest BCUT2D eigenvalue weighted by molar-refractivity contribution is 6.30. The first kappa shape index (κ1) is 18.5. The van der Waals surface area contributed by atoms with Crippen molar-refractivity contribution < 1.29 is 19.1 Å². The number of likely N-dealkylation sites (tertiary alicyclic amines) is 1. The average molecular weight is 380 g/mol. The van der Waals surface area contributed by atoms with E-state index >= 15 is 0 Å². The molecule has 140 valence electrons. The van der Waals surface area contributed by atoms with E-state index in [1.54, 1.807) is 29.2 Å². The van der Waals surface area contributed by atoms with Crippen molar-refractivity contribution in [2.75, 3.05) is 19.7 Å². The van der Waals surface area contributed by atoms with Gasteiger partial charge in [-0.2, -0.15) is 0 Å². The molecule has 0 unspecified atom stereocenters. The number of rotatable bonds is 4. The average Bonchev–Trinajstić information content (AvgIpc) is 2.84. The van der Waals surface area contributed by atoms with Gasteiger partial charge in [0.15, 0.2) is 6.61 Å². The Balaban J connectivity index is 1.55. The number of hydrogen-bond acceptors (Lipinski definition) is 4. The van der Waals surface area contributed by atoms with Crippen molar-refractivity contribution in [2.45, 2.75) is 38.3 Å². The van der Waals surface area contributed by atoms with Gasteiger partial charge in [0.25, 0.3) is 11.8 Å². The third kappa shape index (κ3) is 3.49. The number of carbonyl (C=O) groups excluding carboxylic acids is 3. The molecule has 2 saturated heterocycles. The van der Waals surface area contributed by atoms with E-state index in [0.717, 1.165) is 0 Å². The molecule has 1 spiro atoms. The maximum Gasteiger partial charge on any atom is 0.325 e. The number of ether oxygens (including phenoxy) is 1. The number of nitrogens with zero attached hydrogens (tertiary/aromatic N) is 2. The number of hydrogen-bond donors (Lipinski definition) is 1. The van der Waals surface area contributed by atoms with E-state index in [1.165, 1.54) is 4.90 Å². The van der Waals surface area contributed by atoms with Gasteiger partial charge in [0.05, 0.1) is 0 Å². The van der Waals surface area contributed by atoms with Crippen molar-refractivity contribution >= 4 is 29.4 Å².